The van der Waals surface area contributed by atoms with Crippen LogP contribution in [0.4, 0.5) is 4.39 Å². The summed E-state index contributed by atoms with van der Waals surface area (Å²) in [6.07, 6.45) is 2.81. The second-order valence-corrected chi connectivity index (χ2v) is 4.79. The van der Waals surface area contributed by atoms with Crippen LogP contribution < -0.4 is 0 Å². The van der Waals surface area contributed by atoms with Crippen molar-refractivity contribution in [2.75, 3.05) is 19.8 Å². The molecule has 1 aliphatic rings. The molecule has 1 heterocycles. The molecule has 1 aromatic carbocycles. The minimum Gasteiger partial charge on any atom is -0.463 e. The Morgan fingerprint density at radius 3 is 3.00 bits per heavy atom. The molecule has 5 heteroatoms. The number of rotatable bonds is 7. The maximum atomic E-state index is 13.4. The molecule has 2 rings (SSSR count). The molecule has 21 heavy (non-hydrogen) atoms. The van der Waals surface area contributed by atoms with Gasteiger partial charge in [-0.3, -0.25) is 0 Å². The standard InChI is InChI=1S/C16H19FO4/c1-3-19-16(18)7-5-12-4-6-13(17)8-15(12)11(2)20-9-14-10-21-14/h4-8,11,14H,3,9-10H2,1-2H3/t11-,14+/m1/s1. The fourth-order valence-electron chi connectivity index (χ4n) is 1.90. The average Bonchev–Trinajstić information content (AvgIpc) is 3.28. The van der Waals surface area contributed by atoms with E-state index in [2.05, 4.69) is 0 Å². The van der Waals surface area contributed by atoms with Crippen molar-refractivity contribution in [2.45, 2.75) is 26.1 Å². The number of esters is 1. The average molecular weight is 294 g/mol. The van der Waals surface area contributed by atoms with Gasteiger partial charge in [0.25, 0.3) is 0 Å². The van der Waals surface area contributed by atoms with Gasteiger partial charge in [-0.15, -0.1) is 0 Å². The Morgan fingerprint density at radius 1 is 1.57 bits per heavy atom. The van der Waals surface area contributed by atoms with Crippen molar-refractivity contribution in [3.05, 3.63) is 41.2 Å². The summed E-state index contributed by atoms with van der Waals surface area (Å²) in [5.41, 5.74) is 1.42. The van der Waals surface area contributed by atoms with E-state index in [9.17, 15) is 9.18 Å². The number of ether oxygens (including phenoxy) is 3. The van der Waals surface area contributed by atoms with E-state index in [1.165, 1.54) is 18.2 Å². The Hall–Kier alpha value is -1.72. The monoisotopic (exact) mass is 294 g/mol. The minimum absolute atomic E-state index is 0.152. The lowest BCUT2D eigenvalue weighted by Gasteiger charge is -2.15. The van der Waals surface area contributed by atoms with E-state index in [1.807, 2.05) is 6.92 Å². The number of hydrogen-bond acceptors (Lipinski definition) is 4. The first kappa shape index (κ1) is 15.7. The van der Waals surface area contributed by atoms with Crippen LogP contribution >= 0.6 is 0 Å². The van der Waals surface area contributed by atoms with Gasteiger partial charge in [-0.2, -0.15) is 0 Å². The lowest BCUT2D eigenvalue weighted by atomic mass is 10.0. The van der Waals surface area contributed by atoms with Gasteiger partial charge in [0.1, 0.15) is 11.9 Å². The van der Waals surface area contributed by atoms with Gasteiger partial charge < -0.3 is 14.2 Å². The third-order valence-electron chi connectivity index (χ3n) is 3.11. The lowest BCUT2D eigenvalue weighted by Crippen LogP contribution is -2.08. The highest BCUT2D eigenvalue weighted by molar-refractivity contribution is 5.87. The third kappa shape index (κ3) is 4.95. The van der Waals surface area contributed by atoms with E-state index >= 15 is 0 Å². The fraction of sp³-hybridized carbons (Fsp3) is 0.438. The smallest absolute Gasteiger partial charge is 0.330 e. The molecule has 0 bridgehead atoms. The van der Waals surface area contributed by atoms with Gasteiger partial charge in [-0.25, -0.2) is 9.18 Å². The van der Waals surface area contributed by atoms with Crippen molar-refractivity contribution >= 4 is 12.0 Å². The maximum Gasteiger partial charge on any atom is 0.330 e. The van der Waals surface area contributed by atoms with E-state index in [1.54, 1.807) is 19.1 Å². The molecule has 0 unspecified atom stereocenters. The largest absolute Gasteiger partial charge is 0.463 e. The molecule has 1 fully saturated rings. The number of epoxide rings is 1. The molecule has 0 saturated carbocycles. The second-order valence-electron chi connectivity index (χ2n) is 4.79. The summed E-state index contributed by atoms with van der Waals surface area (Å²) in [4.78, 5) is 11.4. The maximum absolute atomic E-state index is 13.4. The SMILES string of the molecule is CCOC(=O)C=Cc1ccc(F)cc1[C@@H](C)OC[C@H]1CO1. The van der Waals surface area contributed by atoms with Crippen molar-refractivity contribution < 1.29 is 23.4 Å². The van der Waals surface area contributed by atoms with Crippen molar-refractivity contribution in [2.24, 2.45) is 0 Å². The Bertz CT molecular complexity index is 523. The van der Waals surface area contributed by atoms with Crippen LogP contribution in [-0.4, -0.2) is 31.9 Å². The molecule has 0 radical (unpaired) electrons. The van der Waals surface area contributed by atoms with Gasteiger partial charge in [0.05, 0.1) is 25.9 Å². The normalized spacial score (nSPS) is 18.7. The molecule has 0 aliphatic carbocycles. The quantitative estimate of drug-likeness (QED) is 0.441. The van der Waals surface area contributed by atoms with Gasteiger partial charge in [0, 0.05) is 6.08 Å². The van der Waals surface area contributed by atoms with Gasteiger partial charge >= 0.3 is 5.97 Å². The predicted molar refractivity (Wildman–Crippen MR) is 76.2 cm³/mol. The first-order chi connectivity index (χ1) is 10.1. The molecule has 1 saturated heterocycles. The molecule has 0 spiro atoms. The molecule has 0 amide bonds. The second kappa shape index (κ2) is 7.33. The van der Waals surface area contributed by atoms with Crippen molar-refractivity contribution in [1.29, 1.82) is 0 Å². The minimum atomic E-state index is -0.423. The number of benzene rings is 1. The van der Waals surface area contributed by atoms with Crippen LogP contribution in [-0.2, 0) is 19.0 Å². The van der Waals surface area contributed by atoms with Crippen molar-refractivity contribution in [1.82, 2.24) is 0 Å². The lowest BCUT2D eigenvalue weighted by molar-refractivity contribution is -0.137. The highest BCUT2D eigenvalue weighted by Gasteiger charge is 2.24. The van der Waals surface area contributed by atoms with E-state index in [-0.39, 0.29) is 18.0 Å². The van der Waals surface area contributed by atoms with Crippen LogP contribution in [0.2, 0.25) is 0 Å². The van der Waals surface area contributed by atoms with Crippen LogP contribution in [0, 0.1) is 5.82 Å². The Kier molecular flexibility index (Phi) is 5.47. The summed E-state index contributed by atoms with van der Waals surface area (Å²) in [6, 6.07) is 4.39. The topological polar surface area (TPSA) is 48.1 Å². The summed E-state index contributed by atoms with van der Waals surface area (Å²) < 4.78 is 29.0. The van der Waals surface area contributed by atoms with E-state index in [4.69, 9.17) is 14.2 Å². The molecule has 1 aliphatic heterocycles. The van der Waals surface area contributed by atoms with Gasteiger partial charge in [-0.05, 0) is 43.2 Å². The summed E-state index contributed by atoms with van der Waals surface area (Å²) in [5.74, 6) is -0.760. The van der Waals surface area contributed by atoms with Crippen LogP contribution in [0.25, 0.3) is 6.08 Å². The van der Waals surface area contributed by atoms with Crippen molar-refractivity contribution in [3.63, 3.8) is 0 Å². The predicted octanol–water partition coefficient (Wildman–Crippen LogP) is 2.88. The molecule has 114 valence electrons. The first-order valence-electron chi connectivity index (χ1n) is 6.97. The molecule has 0 aromatic heterocycles. The van der Waals surface area contributed by atoms with Gasteiger partial charge in [0.2, 0.25) is 0 Å². The number of halogens is 1. The fourth-order valence-corrected chi connectivity index (χ4v) is 1.90. The summed E-state index contributed by atoms with van der Waals surface area (Å²) in [7, 11) is 0. The number of carbonyl (C=O) groups excluding carboxylic acids is 1. The Labute approximate surface area is 123 Å². The molecule has 0 N–H and O–H groups in total. The summed E-state index contributed by atoms with van der Waals surface area (Å²) in [5, 5.41) is 0. The third-order valence-corrected chi connectivity index (χ3v) is 3.11. The molecular formula is C16H19FO4. The first-order valence-corrected chi connectivity index (χ1v) is 6.97. The Morgan fingerprint density at radius 2 is 2.33 bits per heavy atom. The van der Waals surface area contributed by atoms with Gasteiger partial charge in [0.15, 0.2) is 0 Å². The zero-order valence-corrected chi connectivity index (χ0v) is 12.2. The molecule has 4 nitrogen and oxygen atoms in total. The van der Waals surface area contributed by atoms with Crippen molar-refractivity contribution in [3.8, 4) is 0 Å². The highest BCUT2D eigenvalue weighted by Crippen LogP contribution is 2.25. The van der Waals surface area contributed by atoms with Crippen LogP contribution in [0.5, 0.6) is 0 Å². The number of carbonyl (C=O) groups is 1. The van der Waals surface area contributed by atoms with E-state index in [0.29, 0.717) is 25.4 Å². The Balaban J connectivity index is 2.09. The highest BCUT2D eigenvalue weighted by atomic mass is 19.1. The molecule has 1 aromatic rings. The van der Waals surface area contributed by atoms with Crippen LogP contribution in [0.1, 0.15) is 31.1 Å². The summed E-state index contributed by atoms with van der Waals surface area (Å²) in [6.45, 7) is 5.11. The van der Waals surface area contributed by atoms with Crippen LogP contribution in [0.15, 0.2) is 24.3 Å². The molecular weight excluding hydrogens is 275 g/mol. The zero-order valence-electron chi connectivity index (χ0n) is 12.2. The van der Waals surface area contributed by atoms with Crippen LogP contribution in [0.3, 0.4) is 0 Å². The summed E-state index contributed by atoms with van der Waals surface area (Å²) >= 11 is 0. The van der Waals surface area contributed by atoms with E-state index < -0.39 is 5.97 Å². The van der Waals surface area contributed by atoms with Gasteiger partial charge in [-0.1, -0.05) is 6.07 Å². The molecule has 2 atom stereocenters. The van der Waals surface area contributed by atoms with E-state index in [0.717, 1.165) is 5.56 Å². The number of hydrogen-bond donors (Lipinski definition) is 0. The zero-order chi connectivity index (χ0) is 15.2.